The molecule has 1 aromatic rings. The largest absolute Gasteiger partial charge is 0.271 e. The molecule has 0 aromatic heterocycles. The van der Waals surface area contributed by atoms with Crippen molar-refractivity contribution in [2.45, 2.75) is 12.8 Å². The summed E-state index contributed by atoms with van der Waals surface area (Å²) in [5.41, 5.74) is 3.21. The molecule has 0 radical (unpaired) electrons. The molecule has 3 unspecified atom stereocenters. The summed E-state index contributed by atoms with van der Waals surface area (Å²) < 4.78 is 0.891. The van der Waals surface area contributed by atoms with E-state index in [1.54, 1.807) is 12.1 Å². The first-order valence-corrected chi connectivity index (χ1v) is 7.29. The van der Waals surface area contributed by atoms with Crippen LogP contribution in [0, 0.1) is 17.8 Å². The van der Waals surface area contributed by atoms with E-state index in [1.807, 2.05) is 18.3 Å². The lowest BCUT2D eigenvalue weighted by molar-refractivity contribution is 0.0955. The zero-order valence-corrected chi connectivity index (χ0v) is 12.0. The molecule has 0 heterocycles. The fraction of sp³-hybridized carbons (Fsp3) is 0.333. The molecule has 1 amide bonds. The molecule has 0 saturated heterocycles. The Kier molecular flexibility index (Phi) is 3.51. The van der Waals surface area contributed by atoms with Gasteiger partial charge in [0.15, 0.2) is 0 Å². The lowest BCUT2D eigenvalue weighted by Crippen LogP contribution is -2.19. The van der Waals surface area contributed by atoms with E-state index in [4.69, 9.17) is 0 Å². The van der Waals surface area contributed by atoms with Gasteiger partial charge in [-0.2, -0.15) is 5.10 Å². The van der Waals surface area contributed by atoms with Crippen LogP contribution in [0.4, 0.5) is 0 Å². The van der Waals surface area contributed by atoms with Crippen LogP contribution in [0.15, 0.2) is 46.0 Å². The molecule has 1 N–H and O–H groups in total. The summed E-state index contributed by atoms with van der Waals surface area (Å²) in [5, 5.41) is 4.10. The van der Waals surface area contributed by atoms with Crippen molar-refractivity contribution in [1.29, 1.82) is 0 Å². The van der Waals surface area contributed by atoms with Crippen LogP contribution in [0.1, 0.15) is 23.2 Å². The summed E-state index contributed by atoms with van der Waals surface area (Å²) in [6.07, 6.45) is 8.88. The predicted molar refractivity (Wildman–Crippen MR) is 78.9 cm³/mol. The Morgan fingerprint density at radius 3 is 2.95 bits per heavy atom. The van der Waals surface area contributed by atoms with Crippen LogP contribution < -0.4 is 5.43 Å². The molecule has 2 aliphatic rings. The molecular formula is C15H15BrN2O. The van der Waals surface area contributed by atoms with Gasteiger partial charge in [-0.1, -0.05) is 34.1 Å². The smallest absolute Gasteiger partial charge is 0.267 e. The summed E-state index contributed by atoms with van der Waals surface area (Å²) in [7, 11) is 0. The Balaban J connectivity index is 1.57. The summed E-state index contributed by atoms with van der Waals surface area (Å²) in [5.74, 6) is 1.66. The van der Waals surface area contributed by atoms with Gasteiger partial charge in [0.1, 0.15) is 0 Å². The van der Waals surface area contributed by atoms with Gasteiger partial charge < -0.3 is 0 Å². The molecule has 1 aromatic carbocycles. The molecule has 98 valence electrons. The van der Waals surface area contributed by atoms with Crippen LogP contribution in [0.25, 0.3) is 0 Å². The minimum absolute atomic E-state index is 0.170. The molecule has 2 aliphatic carbocycles. The van der Waals surface area contributed by atoms with E-state index in [-0.39, 0.29) is 5.91 Å². The standard InChI is InChI=1S/C15H15BrN2O/c16-14-3-1-2-12(8-14)15(19)18-17-9-13-7-10-4-5-11(13)6-10/h1-5,8-11,13H,6-7H2,(H,18,19)/b17-9+. The number of hydrazone groups is 1. The first kappa shape index (κ1) is 12.6. The van der Waals surface area contributed by atoms with Crippen molar-refractivity contribution in [3.05, 3.63) is 46.5 Å². The maximum absolute atomic E-state index is 11.9. The topological polar surface area (TPSA) is 41.5 Å². The van der Waals surface area contributed by atoms with E-state index >= 15 is 0 Å². The molecule has 1 fully saturated rings. The van der Waals surface area contributed by atoms with E-state index in [9.17, 15) is 4.79 Å². The van der Waals surface area contributed by atoms with Gasteiger partial charge in [-0.3, -0.25) is 4.79 Å². The molecule has 2 bridgehead atoms. The number of nitrogens with one attached hydrogen (secondary N) is 1. The number of rotatable bonds is 3. The number of halogens is 1. The quantitative estimate of drug-likeness (QED) is 0.518. The number of carbonyl (C=O) groups is 1. The Morgan fingerprint density at radius 1 is 1.37 bits per heavy atom. The highest BCUT2D eigenvalue weighted by Gasteiger charge is 2.34. The van der Waals surface area contributed by atoms with Crippen molar-refractivity contribution in [1.82, 2.24) is 5.43 Å². The average Bonchev–Trinajstić information content (AvgIpc) is 3.01. The van der Waals surface area contributed by atoms with Gasteiger partial charge in [0.2, 0.25) is 0 Å². The minimum Gasteiger partial charge on any atom is -0.267 e. The number of allylic oxidation sites excluding steroid dienone is 2. The number of benzene rings is 1. The second-order valence-electron chi connectivity index (χ2n) is 5.17. The molecule has 3 rings (SSSR count). The minimum atomic E-state index is -0.170. The van der Waals surface area contributed by atoms with E-state index in [1.165, 1.54) is 6.42 Å². The maximum Gasteiger partial charge on any atom is 0.271 e. The van der Waals surface area contributed by atoms with Gasteiger partial charge in [0.25, 0.3) is 5.91 Å². The monoisotopic (exact) mass is 318 g/mol. The first-order valence-electron chi connectivity index (χ1n) is 6.50. The average molecular weight is 319 g/mol. The van der Waals surface area contributed by atoms with Crippen LogP contribution >= 0.6 is 15.9 Å². The number of hydrogen-bond donors (Lipinski definition) is 1. The molecule has 0 aliphatic heterocycles. The molecule has 3 nitrogen and oxygen atoms in total. The highest BCUT2D eigenvalue weighted by molar-refractivity contribution is 9.10. The second kappa shape index (κ2) is 5.29. The molecule has 0 spiro atoms. The van der Waals surface area contributed by atoms with Crippen molar-refractivity contribution in [2.24, 2.45) is 22.9 Å². The van der Waals surface area contributed by atoms with Crippen molar-refractivity contribution in [3.8, 4) is 0 Å². The van der Waals surface area contributed by atoms with Gasteiger partial charge in [-0.15, -0.1) is 0 Å². The van der Waals surface area contributed by atoms with Gasteiger partial charge in [-0.25, -0.2) is 5.43 Å². The first-order chi connectivity index (χ1) is 9.22. The molecule has 19 heavy (non-hydrogen) atoms. The summed E-state index contributed by atoms with van der Waals surface area (Å²) in [4.78, 5) is 11.9. The molecule has 4 heteroatoms. The molecular weight excluding hydrogens is 304 g/mol. The van der Waals surface area contributed by atoms with E-state index in [2.05, 4.69) is 38.6 Å². The van der Waals surface area contributed by atoms with E-state index in [0.29, 0.717) is 17.4 Å². The zero-order chi connectivity index (χ0) is 13.2. The number of amides is 1. The predicted octanol–water partition coefficient (Wildman–Crippen LogP) is 3.38. The van der Waals surface area contributed by atoms with Crippen LogP contribution in [0.2, 0.25) is 0 Å². The molecule has 1 saturated carbocycles. The van der Waals surface area contributed by atoms with Crippen LogP contribution in [0.5, 0.6) is 0 Å². The third-order valence-electron chi connectivity index (χ3n) is 3.85. The lowest BCUT2D eigenvalue weighted by Gasteiger charge is -2.11. The van der Waals surface area contributed by atoms with Crippen molar-refractivity contribution < 1.29 is 4.79 Å². The zero-order valence-electron chi connectivity index (χ0n) is 10.4. The Morgan fingerprint density at radius 2 is 2.26 bits per heavy atom. The lowest BCUT2D eigenvalue weighted by atomic mass is 9.95. The van der Waals surface area contributed by atoms with Crippen LogP contribution in [0.3, 0.4) is 0 Å². The Hall–Kier alpha value is -1.42. The van der Waals surface area contributed by atoms with Gasteiger partial charge in [0, 0.05) is 22.2 Å². The molecule has 3 atom stereocenters. The highest BCUT2D eigenvalue weighted by Crippen LogP contribution is 2.42. The summed E-state index contributed by atoms with van der Waals surface area (Å²) >= 11 is 3.35. The van der Waals surface area contributed by atoms with Gasteiger partial charge in [-0.05, 0) is 42.9 Å². The van der Waals surface area contributed by atoms with Crippen molar-refractivity contribution >= 4 is 28.1 Å². The Bertz CT molecular complexity index is 553. The van der Waals surface area contributed by atoms with Gasteiger partial charge >= 0.3 is 0 Å². The Labute approximate surface area is 120 Å². The van der Waals surface area contributed by atoms with Crippen LogP contribution in [-0.4, -0.2) is 12.1 Å². The fourth-order valence-electron chi connectivity index (χ4n) is 2.88. The van der Waals surface area contributed by atoms with E-state index < -0.39 is 0 Å². The third kappa shape index (κ3) is 2.78. The van der Waals surface area contributed by atoms with Crippen LogP contribution in [-0.2, 0) is 0 Å². The SMILES string of the molecule is O=C(N/N=C/C1CC2C=CC1C2)c1cccc(Br)c1. The van der Waals surface area contributed by atoms with Crippen molar-refractivity contribution in [2.75, 3.05) is 0 Å². The van der Waals surface area contributed by atoms with Gasteiger partial charge in [0.05, 0.1) is 0 Å². The second-order valence-corrected chi connectivity index (χ2v) is 6.09. The number of hydrogen-bond acceptors (Lipinski definition) is 2. The summed E-state index contributed by atoms with van der Waals surface area (Å²) in [6, 6.07) is 7.28. The number of carbonyl (C=O) groups excluding carboxylic acids is 1. The number of nitrogens with zero attached hydrogens (tertiary/aromatic N) is 1. The maximum atomic E-state index is 11.9. The highest BCUT2D eigenvalue weighted by atomic mass is 79.9. The third-order valence-corrected chi connectivity index (χ3v) is 4.34. The van der Waals surface area contributed by atoms with Crippen molar-refractivity contribution in [3.63, 3.8) is 0 Å². The fourth-order valence-corrected chi connectivity index (χ4v) is 3.28. The summed E-state index contributed by atoms with van der Waals surface area (Å²) in [6.45, 7) is 0. The van der Waals surface area contributed by atoms with E-state index in [0.717, 1.165) is 16.8 Å². The normalized spacial score (nSPS) is 28.2. The number of fused-ring (bicyclic) bond motifs is 2.